The van der Waals surface area contributed by atoms with E-state index in [0.717, 1.165) is 13.0 Å². The summed E-state index contributed by atoms with van der Waals surface area (Å²) in [6.45, 7) is 6.22. The molecule has 0 aliphatic heterocycles. The first-order valence-electron chi connectivity index (χ1n) is 6.24. The topological polar surface area (TPSA) is 58.6 Å². The van der Waals surface area contributed by atoms with E-state index in [0.29, 0.717) is 24.6 Å². The summed E-state index contributed by atoms with van der Waals surface area (Å²) in [7, 11) is 0. The maximum Gasteiger partial charge on any atom is 0.251 e. The molecule has 0 spiro atoms. The van der Waals surface area contributed by atoms with Crippen LogP contribution < -0.4 is 5.32 Å². The van der Waals surface area contributed by atoms with Crippen molar-refractivity contribution in [2.45, 2.75) is 20.3 Å². The van der Waals surface area contributed by atoms with Crippen molar-refractivity contribution >= 4 is 5.91 Å². The van der Waals surface area contributed by atoms with Gasteiger partial charge in [-0.15, -0.1) is 0 Å². The molecule has 2 N–H and O–H groups in total. The smallest absolute Gasteiger partial charge is 0.251 e. The number of hydrogen-bond acceptors (Lipinski definition) is 3. The molecule has 18 heavy (non-hydrogen) atoms. The molecule has 100 valence electrons. The van der Waals surface area contributed by atoms with Crippen LogP contribution in [-0.4, -0.2) is 30.8 Å². The van der Waals surface area contributed by atoms with Gasteiger partial charge in [-0.05, 0) is 36.6 Å². The Labute approximate surface area is 108 Å². The molecule has 1 aromatic carbocycles. The second-order valence-electron chi connectivity index (χ2n) is 4.63. The highest BCUT2D eigenvalue weighted by Crippen LogP contribution is 2.09. The second-order valence-corrected chi connectivity index (χ2v) is 4.63. The third-order valence-corrected chi connectivity index (χ3v) is 2.33. The predicted molar refractivity (Wildman–Crippen MR) is 70.7 cm³/mol. The van der Waals surface area contributed by atoms with Gasteiger partial charge in [-0.3, -0.25) is 4.79 Å². The van der Waals surface area contributed by atoms with Gasteiger partial charge in [0.1, 0.15) is 5.75 Å². The quantitative estimate of drug-likeness (QED) is 0.730. The van der Waals surface area contributed by atoms with Crippen LogP contribution in [0, 0.1) is 5.92 Å². The summed E-state index contributed by atoms with van der Waals surface area (Å²) in [5.41, 5.74) is 0.552. The van der Waals surface area contributed by atoms with Gasteiger partial charge < -0.3 is 15.2 Å². The Balaban J connectivity index is 2.16. The fraction of sp³-hybridized carbons (Fsp3) is 0.500. The van der Waals surface area contributed by atoms with E-state index in [1.54, 1.807) is 12.1 Å². The van der Waals surface area contributed by atoms with Gasteiger partial charge in [0.05, 0.1) is 0 Å². The molecule has 1 amide bonds. The molecular formula is C14H21NO3. The van der Waals surface area contributed by atoms with E-state index >= 15 is 0 Å². The van der Waals surface area contributed by atoms with Gasteiger partial charge >= 0.3 is 0 Å². The lowest BCUT2D eigenvalue weighted by atomic mass is 10.2. The molecule has 4 heteroatoms. The van der Waals surface area contributed by atoms with Crippen molar-refractivity contribution < 1.29 is 14.6 Å². The Morgan fingerprint density at radius 3 is 2.61 bits per heavy atom. The summed E-state index contributed by atoms with van der Waals surface area (Å²) in [5.74, 6) is 0.573. The number of amides is 1. The molecule has 0 heterocycles. The molecule has 0 unspecified atom stereocenters. The summed E-state index contributed by atoms with van der Waals surface area (Å²) >= 11 is 0. The van der Waals surface area contributed by atoms with Crippen LogP contribution in [0.5, 0.6) is 5.75 Å². The van der Waals surface area contributed by atoms with Crippen LogP contribution in [0.25, 0.3) is 0 Å². The van der Waals surface area contributed by atoms with Gasteiger partial charge in [-0.2, -0.15) is 0 Å². The summed E-state index contributed by atoms with van der Waals surface area (Å²) in [4.78, 5) is 11.7. The summed E-state index contributed by atoms with van der Waals surface area (Å²) in [5, 5.41) is 11.9. The van der Waals surface area contributed by atoms with Gasteiger partial charge in [0.25, 0.3) is 5.91 Å². The number of benzene rings is 1. The van der Waals surface area contributed by atoms with Gasteiger partial charge in [0.2, 0.25) is 0 Å². The fourth-order valence-electron chi connectivity index (χ4n) is 1.41. The van der Waals surface area contributed by atoms with Crippen molar-refractivity contribution in [3.8, 4) is 5.75 Å². The van der Waals surface area contributed by atoms with Crippen LogP contribution in [0.15, 0.2) is 24.3 Å². The molecule has 0 bridgehead atoms. The van der Waals surface area contributed by atoms with Crippen molar-refractivity contribution in [1.82, 2.24) is 5.32 Å². The molecule has 0 aliphatic rings. The van der Waals surface area contributed by atoms with Crippen LogP contribution in [0.1, 0.15) is 30.6 Å². The van der Waals surface area contributed by atoms with Gasteiger partial charge in [-0.25, -0.2) is 0 Å². The van der Waals surface area contributed by atoms with Crippen molar-refractivity contribution in [3.05, 3.63) is 29.8 Å². The maximum atomic E-state index is 11.7. The van der Waals surface area contributed by atoms with Crippen molar-refractivity contribution in [1.29, 1.82) is 0 Å². The molecule has 0 aromatic heterocycles. The first-order valence-corrected chi connectivity index (χ1v) is 6.24. The first-order chi connectivity index (χ1) is 8.59. The Bertz CT molecular complexity index is 360. The number of aromatic hydroxyl groups is 1. The van der Waals surface area contributed by atoms with Crippen LogP contribution in [0.3, 0.4) is 0 Å². The van der Waals surface area contributed by atoms with E-state index in [4.69, 9.17) is 9.84 Å². The van der Waals surface area contributed by atoms with E-state index < -0.39 is 0 Å². The van der Waals surface area contributed by atoms with Gasteiger partial charge in [0.15, 0.2) is 0 Å². The van der Waals surface area contributed by atoms with E-state index in [9.17, 15) is 4.79 Å². The zero-order chi connectivity index (χ0) is 13.4. The SMILES string of the molecule is CC(C)COCCCNC(=O)c1ccc(O)cc1. The van der Waals surface area contributed by atoms with E-state index in [2.05, 4.69) is 19.2 Å². The molecule has 1 aromatic rings. The lowest BCUT2D eigenvalue weighted by molar-refractivity contribution is 0.0925. The van der Waals surface area contributed by atoms with Crippen LogP contribution in [0.2, 0.25) is 0 Å². The third-order valence-electron chi connectivity index (χ3n) is 2.33. The number of carbonyl (C=O) groups excluding carboxylic acids is 1. The monoisotopic (exact) mass is 251 g/mol. The predicted octanol–water partition coefficient (Wildman–Crippen LogP) is 2.18. The number of ether oxygens (including phenoxy) is 1. The lowest BCUT2D eigenvalue weighted by Gasteiger charge is -2.07. The Morgan fingerprint density at radius 2 is 2.00 bits per heavy atom. The van der Waals surface area contributed by atoms with Crippen molar-refractivity contribution in [2.75, 3.05) is 19.8 Å². The normalized spacial score (nSPS) is 10.6. The number of phenols is 1. The molecule has 1 rings (SSSR count). The largest absolute Gasteiger partial charge is 0.508 e. The molecule has 4 nitrogen and oxygen atoms in total. The highest BCUT2D eigenvalue weighted by molar-refractivity contribution is 5.94. The Kier molecular flexibility index (Phi) is 6.22. The highest BCUT2D eigenvalue weighted by atomic mass is 16.5. The van der Waals surface area contributed by atoms with Gasteiger partial charge in [-0.1, -0.05) is 13.8 Å². The molecular weight excluding hydrogens is 230 g/mol. The Hall–Kier alpha value is -1.55. The first kappa shape index (κ1) is 14.5. The van der Waals surface area contributed by atoms with Crippen molar-refractivity contribution in [2.24, 2.45) is 5.92 Å². The standard InChI is InChI=1S/C14H21NO3/c1-11(2)10-18-9-3-8-15-14(17)12-4-6-13(16)7-5-12/h4-7,11,16H,3,8-10H2,1-2H3,(H,15,17). The Morgan fingerprint density at radius 1 is 1.33 bits per heavy atom. The summed E-state index contributed by atoms with van der Waals surface area (Å²) in [6.07, 6.45) is 0.802. The fourth-order valence-corrected chi connectivity index (χ4v) is 1.41. The van der Waals surface area contributed by atoms with E-state index in [1.165, 1.54) is 12.1 Å². The van der Waals surface area contributed by atoms with E-state index in [1.807, 2.05) is 0 Å². The van der Waals surface area contributed by atoms with Crippen LogP contribution in [-0.2, 0) is 4.74 Å². The number of rotatable bonds is 7. The third kappa shape index (κ3) is 5.68. The molecule has 0 aliphatic carbocycles. The molecule has 0 radical (unpaired) electrons. The maximum absolute atomic E-state index is 11.7. The van der Waals surface area contributed by atoms with Crippen LogP contribution >= 0.6 is 0 Å². The average molecular weight is 251 g/mol. The zero-order valence-corrected chi connectivity index (χ0v) is 11.0. The van der Waals surface area contributed by atoms with Crippen LogP contribution in [0.4, 0.5) is 0 Å². The number of carbonyl (C=O) groups is 1. The molecule has 0 fully saturated rings. The number of phenolic OH excluding ortho intramolecular Hbond substituents is 1. The number of hydrogen-bond donors (Lipinski definition) is 2. The van der Waals surface area contributed by atoms with Crippen molar-refractivity contribution in [3.63, 3.8) is 0 Å². The minimum Gasteiger partial charge on any atom is -0.508 e. The molecule has 0 saturated carbocycles. The zero-order valence-electron chi connectivity index (χ0n) is 11.0. The minimum atomic E-state index is -0.126. The van der Waals surface area contributed by atoms with Gasteiger partial charge in [0, 0.05) is 25.3 Å². The molecule has 0 atom stereocenters. The average Bonchev–Trinajstić information content (AvgIpc) is 2.34. The number of nitrogens with one attached hydrogen (secondary N) is 1. The van der Waals surface area contributed by atoms with E-state index in [-0.39, 0.29) is 11.7 Å². The minimum absolute atomic E-state index is 0.126. The summed E-state index contributed by atoms with van der Waals surface area (Å²) in [6, 6.07) is 6.20. The second kappa shape index (κ2) is 7.71. The lowest BCUT2D eigenvalue weighted by Crippen LogP contribution is -2.25. The highest BCUT2D eigenvalue weighted by Gasteiger charge is 2.04. The molecule has 0 saturated heterocycles. The summed E-state index contributed by atoms with van der Waals surface area (Å²) < 4.78 is 5.41.